The zero-order valence-corrected chi connectivity index (χ0v) is 16.8. The zero-order valence-electron chi connectivity index (χ0n) is 20.8. The fourth-order valence-corrected chi connectivity index (χ4v) is 4.19. The minimum Gasteiger partial charge on any atom is -0.406 e. The third-order valence-electron chi connectivity index (χ3n) is 5.68. The van der Waals surface area contributed by atoms with Crippen molar-refractivity contribution in [3.05, 3.63) is 53.5 Å². The van der Waals surface area contributed by atoms with Crippen LogP contribution in [0.2, 0.25) is 0 Å². The fraction of sp³-hybridized carbons (Fsp3) is 0.500. The van der Waals surface area contributed by atoms with Crippen molar-refractivity contribution in [3.63, 3.8) is 0 Å². The molecule has 1 saturated carbocycles. The molecule has 0 saturated heterocycles. The molecule has 0 bridgehead atoms. The van der Waals surface area contributed by atoms with E-state index in [1.807, 2.05) is 0 Å². The minimum absolute atomic E-state index is 0.404. The fourth-order valence-electron chi connectivity index (χ4n) is 4.19. The van der Waals surface area contributed by atoms with Crippen molar-refractivity contribution in [1.82, 2.24) is 0 Å². The first-order chi connectivity index (χ1) is 15.9. The number of aryl methyl sites for hydroxylation is 1. The van der Waals surface area contributed by atoms with Crippen LogP contribution in [0.1, 0.15) is 62.9 Å². The van der Waals surface area contributed by atoms with E-state index in [1.54, 1.807) is 0 Å². The van der Waals surface area contributed by atoms with E-state index in [0.29, 0.717) is 17.9 Å². The Morgan fingerprint density at radius 3 is 1.97 bits per heavy atom. The average Bonchev–Trinajstić information content (AvgIpc) is 2.76. The Morgan fingerprint density at radius 2 is 1.47 bits per heavy atom. The van der Waals surface area contributed by atoms with Crippen molar-refractivity contribution < 1.29 is 32.2 Å². The van der Waals surface area contributed by atoms with Gasteiger partial charge in [-0.15, -0.1) is 13.2 Å². The van der Waals surface area contributed by atoms with Gasteiger partial charge in [0.15, 0.2) is 0 Å². The molecule has 0 radical (unpaired) electrons. The summed E-state index contributed by atoms with van der Waals surface area (Å²) in [5.41, 5.74) is -1.15. The number of hydrogen-bond donors (Lipinski definition) is 0. The van der Waals surface area contributed by atoms with E-state index in [0.717, 1.165) is 50.2 Å². The van der Waals surface area contributed by atoms with Gasteiger partial charge in [-0.05, 0) is 60.0 Å². The van der Waals surface area contributed by atoms with Crippen molar-refractivity contribution >= 4 is 0 Å². The summed E-state index contributed by atoms with van der Waals surface area (Å²) in [6.07, 6.45) is 2.87. The predicted octanol–water partition coefficient (Wildman–Crippen LogP) is 8.07. The summed E-state index contributed by atoms with van der Waals surface area (Å²) >= 11 is 0. The number of hydrogen-bond acceptors (Lipinski definition) is 1. The Bertz CT molecular complexity index is 981. The number of rotatable bonds is 7. The third kappa shape index (κ3) is 6.19. The van der Waals surface area contributed by atoms with E-state index < -0.39 is 59.0 Å². The Kier molecular flexibility index (Phi) is 5.73. The normalized spacial score (nSPS) is 21.5. The van der Waals surface area contributed by atoms with Crippen LogP contribution in [-0.4, -0.2) is 6.36 Å². The Morgan fingerprint density at radius 1 is 0.933 bits per heavy atom. The van der Waals surface area contributed by atoms with Gasteiger partial charge in [-0.2, -0.15) is 0 Å². The van der Waals surface area contributed by atoms with E-state index in [2.05, 4.69) is 11.7 Å². The number of benzene rings is 2. The molecule has 1 nitrogen and oxygen atoms in total. The monoisotopic (exact) mass is 430 g/mol. The largest absolute Gasteiger partial charge is 0.573 e. The van der Waals surface area contributed by atoms with Crippen LogP contribution in [0.5, 0.6) is 5.75 Å². The van der Waals surface area contributed by atoms with Crippen LogP contribution in [0.3, 0.4) is 0 Å². The van der Waals surface area contributed by atoms with Gasteiger partial charge < -0.3 is 4.74 Å². The quantitative estimate of drug-likeness (QED) is 0.404. The molecule has 0 atom stereocenters. The SMILES string of the molecule is [2H]c1c([2H])c(-c2c(F)cc(CCC3CCC(CCC)CC3)cc2F)c([2H])c([2H])c1OC(F)(F)F. The highest BCUT2D eigenvalue weighted by molar-refractivity contribution is 5.66. The van der Waals surface area contributed by atoms with Gasteiger partial charge >= 0.3 is 6.36 Å². The lowest BCUT2D eigenvalue weighted by Gasteiger charge is -2.28. The molecule has 1 aliphatic rings. The molecule has 0 unspecified atom stereocenters. The van der Waals surface area contributed by atoms with Gasteiger partial charge in [0.1, 0.15) is 17.4 Å². The predicted molar refractivity (Wildman–Crippen MR) is 107 cm³/mol. The molecule has 0 amide bonds. The number of halogens is 5. The average molecular weight is 430 g/mol. The van der Waals surface area contributed by atoms with E-state index in [-0.39, 0.29) is 0 Å². The molecule has 0 heterocycles. The maximum atomic E-state index is 15.0. The topological polar surface area (TPSA) is 9.23 Å². The molecule has 0 N–H and O–H groups in total. The van der Waals surface area contributed by atoms with Crippen molar-refractivity contribution in [2.24, 2.45) is 11.8 Å². The molecule has 1 fully saturated rings. The molecule has 0 spiro atoms. The summed E-state index contributed by atoms with van der Waals surface area (Å²) in [5, 5.41) is 0. The lowest BCUT2D eigenvalue weighted by molar-refractivity contribution is -0.274. The van der Waals surface area contributed by atoms with Crippen LogP contribution in [-0.2, 0) is 6.42 Å². The van der Waals surface area contributed by atoms with Crippen LogP contribution in [0, 0.1) is 23.5 Å². The first kappa shape index (κ1) is 17.6. The first-order valence-corrected chi connectivity index (χ1v) is 10.3. The van der Waals surface area contributed by atoms with Gasteiger partial charge in [0.05, 0.1) is 11.0 Å². The molecule has 0 aromatic heterocycles. The second kappa shape index (κ2) is 9.80. The highest BCUT2D eigenvalue weighted by Crippen LogP contribution is 2.35. The summed E-state index contributed by atoms with van der Waals surface area (Å²) in [4.78, 5) is 0. The van der Waals surface area contributed by atoms with E-state index in [9.17, 15) is 22.0 Å². The molecule has 2 aromatic carbocycles. The first-order valence-electron chi connectivity index (χ1n) is 12.3. The van der Waals surface area contributed by atoms with Crippen LogP contribution in [0.4, 0.5) is 22.0 Å². The Balaban J connectivity index is 1.84. The van der Waals surface area contributed by atoms with Crippen molar-refractivity contribution in [2.45, 2.75) is 64.7 Å². The van der Waals surface area contributed by atoms with Gasteiger partial charge in [-0.25, -0.2) is 8.78 Å². The molecule has 30 heavy (non-hydrogen) atoms. The van der Waals surface area contributed by atoms with Gasteiger partial charge in [-0.1, -0.05) is 57.5 Å². The summed E-state index contributed by atoms with van der Waals surface area (Å²) in [6.45, 7) is 2.17. The summed E-state index contributed by atoms with van der Waals surface area (Å²) in [5.74, 6) is -2.29. The highest BCUT2D eigenvalue weighted by Gasteiger charge is 2.31. The molecule has 2 aromatic rings. The Labute approximate surface area is 179 Å². The van der Waals surface area contributed by atoms with Crippen molar-refractivity contribution in [3.8, 4) is 16.9 Å². The van der Waals surface area contributed by atoms with E-state index in [4.69, 9.17) is 5.48 Å². The summed E-state index contributed by atoms with van der Waals surface area (Å²) in [7, 11) is 0. The molecule has 6 heteroatoms. The van der Waals surface area contributed by atoms with E-state index in [1.165, 1.54) is 12.8 Å². The zero-order chi connectivity index (χ0) is 25.2. The van der Waals surface area contributed by atoms with Crippen molar-refractivity contribution in [1.29, 1.82) is 0 Å². The van der Waals surface area contributed by atoms with Gasteiger partial charge in [0.2, 0.25) is 0 Å². The molecular formula is C24H27F5O. The van der Waals surface area contributed by atoms with Crippen LogP contribution >= 0.6 is 0 Å². The molecule has 3 rings (SSSR count). The number of alkyl halides is 3. The van der Waals surface area contributed by atoms with Crippen molar-refractivity contribution in [2.75, 3.05) is 0 Å². The summed E-state index contributed by atoms with van der Waals surface area (Å²) in [6, 6.07) is -2.20. The molecular weight excluding hydrogens is 399 g/mol. The van der Waals surface area contributed by atoms with Gasteiger partial charge in [0, 0.05) is 0 Å². The van der Waals surface area contributed by atoms with Crippen LogP contribution in [0.25, 0.3) is 11.1 Å². The third-order valence-corrected chi connectivity index (χ3v) is 5.68. The maximum Gasteiger partial charge on any atom is 0.573 e. The summed E-state index contributed by atoms with van der Waals surface area (Å²) < 4.78 is 103. The lowest BCUT2D eigenvalue weighted by atomic mass is 9.78. The van der Waals surface area contributed by atoms with Crippen LogP contribution < -0.4 is 4.74 Å². The minimum atomic E-state index is -5.25. The van der Waals surface area contributed by atoms with Gasteiger partial charge in [0.25, 0.3) is 0 Å². The standard InChI is InChI=1S/C24H27F5O/c1-2-3-16-4-6-17(7-5-16)8-9-18-14-21(25)23(22(26)15-18)19-10-12-20(13-11-19)30-24(27,28)29/h10-17H,2-9H2,1H3/i10D,11D,12D,13D. The lowest BCUT2D eigenvalue weighted by Crippen LogP contribution is -2.16. The van der Waals surface area contributed by atoms with E-state index >= 15 is 0 Å². The van der Waals surface area contributed by atoms with Gasteiger partial charge in [-0.3, -0.25) is 0 Å². The molecule has 1 aliphatic carbocycles. The Hall–Kier alpha value is -2.11. The second-order valence-corrected chi connectivity index (χ2v) is 7.90. The molecule has 0 aliphatic heterocycles. The highest BCUT2D eigenvalue weighted by atomic mass is 19.4. The second-order valence-electron chi connectivity index (χ2n) is 7.90. The number of ether oxygens (including phenoxy) is 1. The van der Waals surface area contributed by atoms with Crippen LogP contribution in [0.15, 0.2) is 36.3 Å². The maximum absolute atomic E-state index is 15.0. The smallest absolute Gasteiger partial charge is 0.406 e. The molecule has 164 valence electrons.